The average Bonchev–Trinajstić information content (AvgIpc) is 3.12. The Morgan fingerprint density at radius 1 is 1.38 bits per heavy atom. The van der Waals surface area contributed by atoms with Gasteiger partial charge in [0.05, 0.1) is 5.38 Å². The van der Waals surface area contributed by atoms with Crippen molar-refractivity contribution < 1.29 is 0 Å². The third-order valence-corrected chi connectivity index (χ3v) is 5.60. The van der Waals surface area contributed by atoms with Crippen molar-refractivity contribution >= 4 is 22.8 Å². The molecule has 2 aromatic rings. The van der Waals surface area contributed by atoms with Crippen molar-refractivity contribution in [1.82, 2.24) is 14.5 Å². The lowest BCUT2D eigenvalue weighted by Gasteiger charge is -2.23. The van der Waals surface area contributed by atoms with E-state index in [4.69, 9.17) is 16.6 Å². The highest BCUT2D eigenvalue weighted by Gasteiger charge is 2.40. The maximum absolute atomic E-state index is 6.37. The number of hydrogen-bond donors (Lipinski definition) is 0. The monoisotopic (exact) mass is 303 g/mol. The lowest BCUT2D eigenvalue weighted by atomic mass is 9.89. The summed E-state index contributed by atoms with van der Waals surface area (Å²) in [5.74, 6) is 3.66. The molecule has 2 aliphatic rings. The predicted molar refractivity (Wildman–Crippen MR) is 85.5 cm³/mol. The number of imidazole rings is 1. The number of pyridine rings is 1. The summed E-state index contributed by atoms with van der Waals surface area (Å²) in [5.41, 5.74) is 3.15. The van der Waals surface area contributed by atoms with Gasteiger partial charge in [0.2, 0.25) is 0 Å². The van der Waals surface area contributed by atoms with Crippen molar-refractivity contribution in [3.05, 3.63) is 23.7 Å². The third kappa shape index (κ3) is 2.26. The van der Waals surface area contributed by atoms with E-state index in [0.717, 1.165) is 46.9 Å². The third-order valence-electron chi connectivity index (χ3n) is 5.41. The molecule has 0 spiro atoms. The van der Waals surface area contributed by atoms with Crippen molar-refractivity contribution in [2.24, 2.45) is 17.8 Å². The topological polar surface area (TPSA) is 30.7 Å². The molecule has 2 heterocycles. The standard InChI is InChI=1S/C17H22ClN3/c1-10-5-15-17(19-8-10)21(16(20-15)11(2)18)9-14-7-12-3-4-13(14)6-12/h5,8,11-14H,3-4,6-7,9H2,1-2H3. The summed E-state index contributed by atoms with van der Waals surface area (Å²) in [5, 5.41) is -0.0712. The Hall–Kier alpha value is -1.09. The smallest absolute Gasteiger partial charge is 0.160 e. The van der Waals surface area contributed by atoms with E-state index in [1.54, 1.807) is 0 Å². The first-order chi connectivity index (χ1) is 10.1. The van der Waals surface area contributed by atoms with Crippen LogP contribution >= 0.6 is 11.6 Å². The van der Waals surface area contributed by atoms with E-state index in [1.165, 1.54) is 25.7 Å². The van der Waals surface area contributed by atoms with Crippen LogP contribution in [0.1, 0.15) is 49.4 Å². The molecule has 0 saturated heterocycles. The van der Waals surface area contributed by atoms with Gasteiger partial charge >= 0.3 is 0 Å². The molecule has 2 aromatic heterocycles. The Morgan fingerprint density at radius 3 is 2.90 bits per heavy atom. The Kier molecular flexibility index (Phi) is 3.21. The Morgan fingerprint density at radius 2 is 2.24 bits per heavy atom. The number of nitrogens with zero attached hydrogens (tertiary/aromatic N) is 3. The number of alkyl halides is 1. The number of hydrogen-bond acceptors (Lipinski definition) is 2. The van der Waals surface area contributed by atoms with Gasteiger partial charge in [-0.05, 0) is 62.5 Å². The van der Waals surface area contributed by atoms with Crippen molar-refractivity contribution in [2.45, 2.75) is 51.5 Å². The first-order valence-electron chi connectivity index (χ1n) is 8.08. The number of rotatable bonds is 3. The zero-order valence-electron chi connectivity index (χ0n) is 12.7. The second-order valence-corrected chi connectivity index (χ2v) is 7.64. The number of fused-ring (bicyclic) bond motifs is 3. The Labute approximate surface area is 130 Å². The minimum absolute atomic E-state index is 0.0712. The van der Waals surface area contributed by atoms with E-state index in [9.17, 15) is 0 Å². The summed E-state index contributed by atoms with van der Waals surface area (Å²) < 4.78 is 2.29. The fourth-order valence-corrected chi connectivity index (χ4v) is 4.61. The largest absolute Gasteiger partial charge is 0.311 e. The molecule has 0 amide bonds. The summed E-state index contributed by atoms with van der Waals surface area (Å²) in [6, 6.07) is 2.11. The molecule has 3 nitrogen and oxygen atoms in total. The Bertz CT molecular complexity index is 676. The van der Waals surface area contributed by atoms with Crippen LogP contribution in [0.4, 0.5) is 0 Å². The summed E-state index contributed by atoms with van der Waals surface area (Å²) >= 11 is 6.37. The van der Waals surface area contributed by atoms with E-state index in [2.05, 4.69) is 22.5 Å². The fraction of sp³-hybridized carbons (Fsp3) is 0.647. The van der Waals surface area contributed by atoms with Crippen molar-refractivity contribution in [2.75, 3.05) is 0 Å². The molecule has 2 bridgehead atoms. The van der Waals surface area contributed by atoms with Gasteiger partial charge in [-0.3, -0.25) is 0 Å². The SMILES string of the molecule is Cc1cnc2c(c1)nc(C(C)Cl)n2CC1CC2CCC1C2. The normalized spacial score (nSPS) is 29.4. The quantitative estimate of drug-likeness (QED) is 0.783. The Balaban J connectivity index is 1.73. The average molecular weight is 304 g/mol. The lowest BCUT2D eigenvalue weighted by molar-refractivity contribution is 0.295. The van der Waals surface area contributed by atoms with Gasteiger partial charge in [0.1, 0.15) is 11.3 Å². The van der Waals surface area contributed by atoms with Crippen LogP contribution in [0, 0.1) is 24.7 Å². The van der Waals surface area contributed by atoms with Crippen LogP contribution in [0.15, 0.2) is 12.3 Å². The zero-order valence-corrected chi connectivity index (χ0v) is 13.5. The molecule has 0 aromatic carbocycles. The maximum Gasteiger partial charge on any atom is 0.160 e. The minimum atomic E-state index is -0.0712. The van der Waals surface area contributed by atoms with Gasteiger partial charge < -0.3 is 4.57 Å². The van der Waals surface area contributed by atoms with Gasteiger partial charge in [-0.25, -0.2) is 9.97 Å². The van der Waals surface area contributed by atoms with Crippen molar-refractivity contribution in [1.29, 1.82) is 0 Å². The molecule has 21 heavy (non-hydrogen) atoms. The van der Waals surface area contributed by atoms with Gasteiger partial charge in [-0.1, -0.05) is 6.42 Å². The second kappa shape index (κ2) is 4.98. The summed E-state index contributed by atoms with van der Waals surface area (Å²) in [6.45, 7) is 5.11. The number of aryl methyl sites for hydroxylation is 1. The summed E-state index contributed by atoms with van der Waals surface area (Å²) in [7, 11) is 0. The first-order valence-corrected chi connectivity index (χ1v) is 8.52. The molecule has 0 N–H and O–H groups in total. The molecule has 2 fully saturated rings. The first kappa shape index (κ1) is 13.6. The molecule has 4 heteroatoms. The van der Waals surface area contributed by atoms with E-state index in [0.29, 0.717) is 0 Å². The van der Waals surface area contributed by atoms with Crippen molar-refractivity contribution in [3.8, 4) is 0 Å². The summed E-state index contributed by atoms with van der Waals surface area (Å²) in [4.78, 5) is 9.38. The molecule has 0 radical (unpaired) electrons. The van der Waals surface area contributed by atoms with Gasteiger partial charge in [0, 0.05) is 12.7 Å². The minimum Gasteiger partial charge on any atom is -0.311 e. The van der Waals surface area contributed by atoms with Crippen molar-refractivity contribution in [3.63, 3.8) is 0 Å². The van der Waals surface area contributed by atoms with Gasteiger partial charge in [0.25, 0.3) is 0 Å². The molecule has 4 rings (SSSR count). The molecule has 0 aliphatic heterocycles. The molecule has 2 saturated carbocycles. The van der Waals surface area contributed by atoms with Gasteiger partial charge in [-0.15, -0.1) is 11.6 Å². The second-order valence-electron chi connectivity index (χ2n) is 6.99. The van der Waals surface area contributed by atoms with Crippen LogP contribution in [-0.4, -0.2) is 14.5 Å². The van der Waals surface area contributed by atoms with Crippen LogP contribution in [-0.2, 0) is 6.54 Å². The van der Waals surface area contributed by atoms with Crippen LogP contribution < -0.4 is 0 Å². The van der Waals surface area contributed by atoms with Crippen LogP contribution in [0.2, 0.25) is 0 Å². The van der Waals surface area contributed by atoms with E-state index in [-0.39, 0.29) is 5.38 Å². The molecule has 112 valence electrons. The molecule has 4 atom stereocenters. The highest BCUT2D eigenvalue weighted by Crippen LogP contribution is 2.49. The number of halogens is 1. The lowest BCUT2D eigenvalue weighted by Crippen LogP contribution is -2.19. The van der Waals surface area contributed by atoms with E-state index in [1.807, 2.05) is 13.1 Å². The molecular weight excluding hydrogens is 282 g/mol. The predicted octanol–water partition coefficient (Wildman–Crippen LogP) is 4.48. The van der Waals surface area contributed by atoms with Crippen LogP contribution in [0.3, 0.4) is 0 Å². The number of aromatic nitrogens is 3. The maximum atomic E-state index is 6.37. The highest BCUT2D eigenvalue weighted by atomic mass is 35.5. The molecule has 4 unspecified atom stereocenters. The van der Waals surface area contributed by atoms with Crippen LogP contribution in [0.25, 0.3) is 11.2 Å². The summed E-state index contributed by atoms with van der Waals surface area (Å²) in [6.07, 6.45) is 7.62. The highest BCUT2D eigenvalue weighted by molar-refractivity contribution is 6.20. The molecular formula is C17H22ClN3. The van der Waals surface area contributed by atoms with E-state index < -0.39 is 0 Å². The zero-order chi connectivity index (χ0) is 14.6. The van der Waals surface area contributed by atoms with Crippen LogP contribution in [0.5, 0.6) is 0 Å². The molecule has 2 aliphatic carbocycles. The fourth-order valence-electron chi connectivity index (χ4n) is 4.45. The van der Waals surface area contributed by atoms with E-state index >= 15 is 0 Å². The van der Waals surface area contributed by atoms with Gasteiger partial charge in [-0.2, -0.15) is 0 Å². The van der Waals surface area contributed by atoms with Gasteiger partial charge in [0.15, 0.2) is 5.65 Å².